The standard InChI is InChI=1S/C19H29N3O3/c1-19(2,3)21-18(24)16-10-5-6-11-22(16)13-17(23)20-14-8-7-9-15(12-14)25-4/h7-9,12,16H,5-6,10-11,13H2,1-4H3,(H,20,23)(H,21,24)/t16-/m1/s1. The van der Waals surface area contributed by atoms with Crippen LogP contribution in [-0.4, -0.2) is 48.5 Å². The number of hydrogen-bond donors (Lipinski definition) is 2. The quantitative estimate of drug-likeness (QED) is 0.858. The van der Waals surface area contributed by atoms with E-state index in [-0.39, 0.29) is 29.9 Å². The first-order valence-electron chi connectivity index (χ1n) is 8.78. The van der Waals surface area contributed by atoms with Crippen molar-refractivity contribution in [1.29, 1.82) is 0 Å². The summed E-state index contributed by atoms with van der Waals surface area (Å²) in [6.07, 6.45) is 2.80. The normalized spacial score (nSPS) is 18.5. The fraction of sp³-hybridized carbons (Fsp3) is 0.579. The number of amides is 2. The lowest BCUT2D eigenvalue weighted by Crippen LogP contribution is -2.55. The van der Waals surface area contributed by atoms with Gasteiger partial charge in [-0.3, -0.25) is 14.5 Å². The van der Waals surface area contributed by atoms with Crippen LogP contribution in [0.5, 0.6) is 5.75 Å². The van der Waals surface area contributed by atoms with Crippen LogP contribution in [0.25, 0.3) is 0 Å². The van der Waals surface area contributed by atoms with Crippen LogP contribution in [-0.2, 0) is 9.59 Å². The number of carbonyl (C=O) groups excluding carboxylic acids is 2. The molecule has 25 heavy (non-hydrogen) atoms. The Hall–Kier alpha value is -2.08. The molecule has 2 amide bonds. The summed E-state index contributed by atoms with van der Waals surface area (Å²) < 4.78 is 5.17. The molecule has 0 radical (unpaired) electrons. The van der Waals surface area contributed by atoms with E-state index in [1.165, 1.54) is 0 Å². The first-order valence-corrected chi connectivity index (χ1v) is 8.78. The van der Waals surface area contributed by atoms with Gasteiger partial charge in [0.25, 0.3) is 0 Å². The summed E-state index contributed by atoms with van der Waals surface area (Å²) >= 11 is 0. The number of rotatable bonds is 5. The zero-order valence-corrected chi connectivity index (χ0v) is 15.6. The first kappa shape index (κ1) is 19.2. The van der Waals surface area contributed by atoms with E-state index in [1.807, 2.05) is 43.9 Å². The van der Waals surface area contributed by atoms with Gasteiger partial charge in [0.2, 0.25) is 11.8 Å². The van der Waals surface area contributed by atoms with E-state index in [0.717, 1.165) is 25.8 Å². The van der Waals surface area contributed by atoms with Gasteiger partial charge >= 0.3 is 0 Å². The van der Waals surface area contributed by atoms with Gasteiger partial charge in [-0.1, -0.05) is 12.5 Å². The average molecular weight is 347 g/mol. The van der Waals surface area contributed by atoms with Crippen molar-refractivity contribution in [1.82, 2.24) is 10.2 Å². The predicted molar refractivity (Wildman–Crippen MR) is 98.7 cm³/mol. The summed E-state index contributed by atoms with van der Waals surface area (Å²) in [6.45, 7) is 6.86. The Labute approximate surface area is 149 Å². The number of methoxy groups -OCH3 is 1. The molecule has 1 fully saturated rings. The summed E-state index contributed by atoms with van der Waals surface area (Å²) in [6, 6.07) is 7.00. The minimum Gasteiger partial charge on any atom is -0.497 e. The molecule has 1 aliphatic heterocycles. The number of anilines is 1. The molecule has 0 saturated carbocycles. The first-order chi connectivity index (χ1) is 11.8. The van der Waals surface area contributed by atoms with Gasteiger partial charge in [0, 0.05) is 17.3 Å². The number of carbonyl (C=O) groups is 2. The van der Waals surface area contributed by atoms with Crippen LogP contribution in [0.4, 0.5) is 5.69 Å². The van der Waals surface area contributed by atoms with E-state index in [0.29, 0.717) is 11.4 Å². The maximum Gasteiger partial charge on any atom is 0.238 e. The molecule has 1 atom stereocenters. The molecule has 2 N–H and O–H groups in total. The molecule has 138 valence electrons. The Balaban J connectivity index is 1.97. The third-order valence-corrected chi connectivity index (χ3v) is 4.11. The lowest BCUT2D eigenvalue weighted by atomic mass is 9.99. The molecule has 2 rings (SSSR count). The number of piperidine rings is 1. The molecule has 1 saturated heterocycles. The molecule has 0 spiro atoms. The van der Waals surface area contributed by atoms with Crippen LogP contribution in [0, 0.1) is 0 Å². The van der Waals surface area contributed by atoms with Gasteiger partial charge in [-0.15, -0.1) is 0 Å². The van der Waals surface area contributed by atoms with Crippen LogP contribution in [0.15, 0.2) is 24.3 Å². The Kier molecular flexibility index (Phi) is 6.42. The molecule has 1 aromatic carbocycles. The fourth-order valence-electron chi connectivity index (χ4n) is 3.02. The summed E-state index contributed by atoms with van der Waals surface area (Å²) in [5, 5.41) is 5.91. The summed E-state index contributed by atoms with van der Waals surface area (Å²) in [7, 11) is 1.59. The third-order valence-electron chi connectivity index (χ3n) is 4.11. The molecule has 0 aromatic heterocycles. The molecule has 0 unspecified atom stereocenters. The molecule has 0 aliphatic carbocycles. The average Bonchev–Trinajstić information content (AvgIpc) is 2.53. The summed E-state index contributed by atoms with van der Waals surface area (Å²) in [4.78, 5) is 26.9. The van der Waals surface area contributed by atoms with E-state index in [9.17, 15) is 9.59 Å². The minimum atomic E-state index is -0.275. The number of benzene rings is 1. The SMILES string of the molecule is COc1cccc(NC(=O)CN2CCCC[C@@H]2C(=O)NC(C)(C)C)c1. The summed E-state index contributed by atoms with van der Waals surface area (Å²) in [5.41, 5.74) is 0.417. The Morgan fingerprint density at radius 1 is 1.28 bits per heavy atom. The van der Waals surface area contributed by atoms with Crippen molar-refractivity contribution in [2.75, 3.05) is 25.5 Å². The Morgan fingerprint density at radius 3 is 2.72 bits per heavy atom. The molecule has 6 nitrogen and oxygen atoms in total. The van der Waals surface area contributed by atoms with Crippen molar-refractivity contribution in [2.24, 2.45) is 0 Å². The van der Waals surface area contributed by atoms with Crippen molar-refractivity contribution in [3.8, 4) is 5.75 Å². The summed E-state index contributed by atoms with van der Waals surface area (Å²) in [5.74, 6) is 0.572. The molecule has 1 aromatic rings. The number of ether oxygens (including phenoxy) is 1. The van der Waals surface area contributed by atoms with Crippen molar-refractivity contribution in [3.63, 3.8) is 0 Å². The molecule has 0 bridgehead atoms. The second-order valence-corrected chi connectivity index (χ2v) is 7.50. The van der Waals surface area contributed by atoms with Gasteiger partial charge in [-0.2, -0.15) is 0 Å². The number of nitrogens with one attached hydrogen (secondary N) is 2. The van der Waals surface area contributed by atoms with E-state index in [4.69, 9.17) is 4.74 Å². The smallest absolute Gasteiger partial charge is 0.238 e. The van der Waals surface area contributed by atoms with Crippen LogP contribution < -0.4 is 15.4 Å². The maximum atomic E-state index is 12.5. The molecule has 1 aliphatic rings. The zero-order valence-electron chi connectivity index (χ0n) is 15.6. The van der Waals surface area contributed by atoms with E-state index in [1.54, 1.807) is 13.2 Å². The molecule has 6 heteroatoms. The highest BCUT2D eigenvalue weighted by molar-refractivity contribution is 5.93. The second-order valence-electron chi connectivity index (χ2n) is 7.50. The predicted octanol–water partition coefficient (Wildman–Crippen LogP) is 2.40. The van der Waals surface area contributed by atoms with Crippen LogP contribution in [0.1, 0.15) is 40.0 Å². The van der Waals surface area contributed by atoms with Gasteiger partial charge in [0.1, 0.15) is 5.75 Å². The van der Waals surface area contributed by atoms with E-state index >= 15 is 0 Å². The zero-order chi connectivity index (χ0) is 18.4. The number of hydrogen-bond acceptors (Lipinski definition) is 4. The van der Waals surface area contributed by atoms with Crippen molar-refractivity contribution in [2.45, 2.75) is 51.6 Å². The number of likely N-dealkylation sites (tertiary alicyclic amines) is 1. The van der Waals surface area contributed by atoms with Gasteiger partial charge in [0.15, 0.2) is 0 Å². The van der Waals surface area contributed by atoms with Crippen molar-refractivity contribution >= 4 is 17.5 Å². The van der Waals surface area contributed by atoms with Gasteiger partial charge < -0.3 is 15.4 Å². The topological polar surface area (TPSA) is 70.7 Å². The minimum absolute atomic E-state index is 0.00128. The fourth-order valence-corrected chi connectivity index (χ4v) is 3.02. The van der Waals surface area contributed by atoms with Crippen molar-refractivity contribution < 1.29 is 14.3 Å². The Morgan fingerprint density at radius 2 is 2.04 bits per heavy atom. The van der Waals surface area contributed by atoms with E-state index in [2.05, 4.69) is 10.6 Å². The maximum absolute atomic E-state index is 12.5. The monoisotopic (exact) mass is 347 g/mol. The van der Waals surface area contributed by atoms with Crippen molar-refractivity contribution in [3.05, 3.63) is 24.3 Å². The van der Waals surface area contributed by atoms with Crippen LogP contribution in [0.3, 0.4) is 0 Å². The molecular weight excluding hydrogens is 318 g/mol. The van der Waals surface area contributed by atoms with Gasteiger partial charge in [-0.05, 0) is 52.3 Å². The van der Waals surface area contributed by atoms with Crippen LogP contribution >= 0.6 is 0 Å². The largest absolute Gasteiger partial charge is 0.497 e. The highest BCUT2D eigenvalue weighted by atomic mass is 16.5. The number of nitrogens with zero attached hydrogens (tertiary/aromatic N) is 1. The van der Waals surface area contributed by atoms with Gasteiger partial charge in [0.05, 0.1) is 19.7 Å². The lowest BCUT2D eigenvalue weighted by Gasteiger charge is -2.35. The molecular formula is C19H29N3O3. The highest BCUT2D eigenvalue weighted by Crippen LogP contribution is 2.19. The highest BCUT2D eigenvalue weighted by Gasteiger charge is 2.31. The molecule has 1 heterocycles. The van der Waals surface area contributed by atoms with Gasteiger partial charge in [-0.25, -0.2) is 0 Å². The van der Waals surface area contributed by atoms with Crippen LogP contribution in [0.2, 0.25) is 0 Å². The third kappa shape index (κ3) is 6.05. The second kappa shape index (κ2) is 8.34. The Bertz CT molecular complexity index is 610. The lowest BCUT2D eigenvalue weighted by molar-refractivity contribution is -0.130. The van der Waals surface area contributed by atoms with E-state index < -0.39 is 0 Å².